The summed E-state index contributed by atoms with van der Waals surface area (Å²) in [4.78, 5) is 12.2. The highest BCUT2D eigenvalue weighted by atomic mass is 35.5. The van der Waals surface area contributed by atoms with E-state index in [1.54, 1.807) is 36.4 Å². The van der Waals surface area contributed by atoms with E-state index in [-0.39, 0.29) is 27.0 Å². The number of hydrogen-bond donors (Lipinski definition) is 3. The predicted octanol–water partition coefficient (Wildman–Crippen LogP) is 4.52. The maximum atomic E-state index is 12.7. The number of amides is 1. The van der Waals surface area contributed by atoms with Crippen LogP contribution in [0.1, 0.15) is 5.56 Å². The van der Waals surface area contributed by atoms with Gasteiger partial charge >= 0.3 is 0 Å². The number of hydrogen-bond acceptors (Lipinski definition) is 6. The van der Waals surface area contributed by atoms with E-state index >= 15 is 0 Å². The summed E-state index contributed by atoms with van der Waals surface area (Å²) < 4.78 is 38.2. The SMILES string of the molecule is COc1ccc(C=CC(=O)Nc2cc(S(=O)(=O)Nc3ccccc3Cl)ccc2O)cc1OC. The number of para-hydroxylation sites is 1. The first-order valence-electron chi connectivity index (χ1n) is 9.55. The second-order valence-corrected chi connectivity index (χ2v) is 8.79. The molecule has 0 aliphatic heterocycles. The zero-order valence-electron chi connectivity index (χ0n) is 17.7. The molecular weight excluding hydrogens is 468 g/mol. The third kappa shape index (κ3) is 5.97. The normalized spacial score (nSPS) is 11.2. The maximum absolute atomic E-state index is 12.7. The summed E-state index contributed by atoms with van der Waals surface area (Å²) in [6, 6.07) is 15.0. The summed E-state index contributed by atoms with van der Waals surface area (Å²) in [5, 5.41) is 12.8. The zero-order valence-corrected chi connectivity index (χ0v) is 19.3. The Labute approximate surface area is 196 Å². The molecule has 0 saturated heterocycles. The smallest absolute Gasteiger partial charge is 0.262 e. The number of halogens is 1. The lowest BCUT2D eigenvalue weighted by atomic mass is 10.2. The Morgan fingerprint density at radius 1 is 0.970 bits per heavy atom. The molecule has 0 aliphatic carbocycles. The molecule has 10 heteroatoms. The van der Waals surface area contributed by atoms with E-state index in [1.807, 2.05) is 0 Å². The molecule has 172 valence electrons. The highest BCUT2D eigenvalue weighted by Crippen LogP contribution is 2.30. The number of anilines is 2. The second-order valence-electron chi connectivity index (χ2n) is 6.70. The first-order valence-corrected chi connectivity index (χ1v) is 11.4. The average molecular weight is 489 g/mol. The number of carbonyl (C=O) groups excluding carboxylic acids is 1. The van der Waals surface area contributed by atoms with Gasteiger partial charge in [-0.05, 0) is 54.1 Å². The standard InChI is InChI=1S/C23H21ClN2O6S/c1-31-21-11-7-15(13-22(21)32-2)8-12-23(28)25-19-14-16(9-10-20(19)27)33(29,30)26-18-6-4-3-5-17(18)24/h3-14,26-27H,1-2H3,(H,25,28). The molecule has 0 unspecified atom stereocenters. The van der Waals surface area contributed by atoms with Crippen LogP contribution in [0.4, 0.5) is 11.4 Å². The van der Waals surface area contributed by atoms with Crippen molar-refractivity contribution >= 4 is 45.0 Å². The lowest BCUT2D eigenvalue weighted by Gasteiger charge is -2.12. The van der Waals surface area contributed by atoms with Crippen molar-refractivity contribution in [2.75, 3.05) is 24.3 Å². The molecule has 0 atom stereocenters. The molecule has 8 nitrogen and oxygen atoms in total. The van der Waals surface area contributed by atoms with Crippen molar-refractivity contribution < 1.29 is 27.8 Å². The largest absolute Gasteiger partial charge is 0.506 e. The highest BCUT2D eigenvalue weighted by molar-refractivity contribution is 7.92. The van der Waals surface area contributed by atoms with Crippen LogP contribution in [0.3, 0.4) is 0 Å². The van der Waals surface area contributed by atoms with Gasteiger partial charge in [-0.15, -0.1) is 0 Å². The molecule has 3 aromatic rings. The van der Waals surface area contributed by atoms with Crippen LogP contribution in [0.5, 0.6) is 17.2 Å². The van der Waals surface area contributed by atoms with Crippen LogP contribution in [0.2, 0.25) is 5.02 Å². The average Bonchev–Trinajstić information content (AvgIpc) is 2.80. The molecule has 3 aromatic carbocycles. The molecule has 0 heterocycles. The van der Waals surface area contributed by atoms with E-state index in [9.17, 15) is 18.3 Å². The molecule has 0 radical (unpaired) electrons. The van der Waals surface area contributed by atoms with Crippen molar-refractivity contribution in [2.24, 2.45) is 0 Å². The Kier molecular flexibility index (Phi) is 7.47. The van der Waals surface area contributed by atoms with Gasteiger partial charge < -0.3 is 19.9 Å². The number of methoxy groups -OCH3 is 2. The predicted molar refractivity (Wildman–Crippen MR) is 128 cm³/mol. The summed E-state index contributed by atoms with van der Waals surface area (Å²) in [5.41, 5.74) is 0.807. The topological polar surface area (TPSA) is 114 Å². The van der Waals surface area contributed by atoms with E-state index < -0.39 is 15.9 Å². The molecule has 3 N–H and O–H groups in total. The van der Waals surface area contributed by atoms with Crippen molar-refractivity contribution in [3.05, 3.63) is 77.3 Å². The first-order chi connectivity index (χ1) is 15.7. The Bertz CT molecular complexity index is 1310. The quantitative estimate of drug-likeness (QED) is 0.317. The van der Waals surface area contributed by atoms with Gasteiger partial charge in [-0.3, -0.25) is 9.52 Å². The molecule has 3 rings (SSSR count). The molecular formula is C23H21ClN2O6S. The van der Waals surface area contributed by atoms with Crippen LogP contribution in [0.15, 0.2) is 71.6 Å². The number of rotatable bonds is 8. The first kappa shape index (κ1) is 24.0. The van der Waals surface area contributed by atoms with E-state index in [0.29, 0.717) is 17.1 Å². The fourth-order valence-electron chi connectivity index (χ4n) is 2.83. The summed E-state index contributed by atoms with van der Waals surface area (Å²) in [6.45, 7) is 0. The number of benzene rings is 3. The minimum Gasteiger partial charge on any atom is -0.506 e. The van der Waals surface area contributed by atoms with E-state index in [4.69, 9.17) is 21.1 Å². The fraction of sp³-hybridized carbons (Fsp3) is 0.0870. The van der Waals surface area contributed by atoms with Gasteiger partial charge in [0.2, 0.25) is 5.91 Å². The van der Waals surface area contributed by atoms with Gasteiger partial charge in [0.05, 0.1) is 35.5 Å². The molecule has 0 aliphatic rings. The minimum atomic E-state index is -4.02. The van der Waals surface area contributed by atoms with E-state index in [1.165, 1.54) is 44.6 Å². The van der Waals surface area contributed by atoms with Crippen molar-refractivity contribution in [3.8, 4) is 17.2 Å². The Hall–Kier alpha value is -3.69. The third-order valence-corrected chi connectivity index (χ3v) is 6.18. The number of nitrogens with one attached hydrogen (secondary N) is 2. The van der Waals surface area contributed by atoms with Gasteiger partial charge in [0.15, 0.2) is 11.5 Å². The number of phenols is 1. The minimum absolute atomic E-state index is 0.0704. The van der Waals surface area contributed by atoms with Gasteiger partial charge in [-0.25, -0.2) is 8.42 Å². The number of aromatic hydroxyl groups is 1. The van der Waals surface area contributed by atoms with Gasteiger partial charge in [-0.2, -0.15) is 0 Å². The van der Waals surface area contributed by atoms with Crippen LogP contribution in [-0.2, 0) is 14.8 Å². The lowest BCUT2D eigenvalue weighted by molar-refractivity contribution is -0.111. The van der Waals surface area contributed by atoms with Crippen molar-refractivity contribution in [3.63, 3.8) is 0 Å². The Morgan fingerprint density at radius 3 is 2.39 bits per heavy atom. The van der Waals surface area contributed by atoms with Crippen molar-refractivity contribution in [1.29, 1.82) is 0 Å². The molecule has 0 fully saturated rings. The molecule has 33 heavy (non-hydrogen) atoms. The van der Waals surface area contributed by atoms with Crippen LogP contribution < -0.4 is 19.5 Å². The van der Waals surface area contributed by atoms with Crippen LogP contribution in [0, 0.1) is 0 Å². The van der Waals surface area contributed by atoms with E-state index in [2.05, 4.69) is 10.0 Å². The molecule has 1 amide bonds. The monoisotopic (exact) mass is 488 g/mol. The van der Waals surface area contributed by atoms with Crippen LogP contribution in [-0.4, -0.2) is 33.7 Å². The van der Waals surface area contributed by atoms with Crippen LogP contribution in [0.25, 0.3) is 6.08 Å². The van der Waals surface area contributed by atoms with Crippen molar-refractivity contribution in [1.82, 2.24) is 0 Å². The Morgan fingerprint density at radius 2 is 1.70 bits per heavy atom. The number of sulfonamides is 1. The van der Waals surface area contributed by atoms with Crippen LogP contribution >= 0.6 is 11.6 Å². The summed E-state index contributed by atoms with van der Waals surface area (Å²) in [7, 11) is -0.999. The number of carbonyl (C=O) groups is 1. The second kappa shape index (κ2) is 10.3. The summed E-state index contributed by atoms with van der Waals surface area (Å²) >= 11 is 6.02. The fourth-order valence-corrected chi connectivity index (χ4v) is 4.18. The molecule has 0 aromatic heterocycles. The maximum Gasteiger partial charge on any atom is 0.262 e. The van der Waals surface area contributed by atoms with Gasteiger partial charge in [-0.1, -0.05) is 29.8 Å². The molecule has 0 spiro atoms. The summed E-state index contributed by atoms with van der Waals surface area (Å²) in [5.74, 6) is 0.183. The number of phenolic OH excluding ortho intramolecular Hbond substituents is 1. The Balaban J connectivity index is 1.77. The highest BCUT2D eigenvalue weighted by Gasteiger charge is 2.18. The third-order valence-electron chi connectivity index (χ3n) is 4.49. The summed E-state index contributed by atoms with van der Waals surface area (Å²) in [6.07, 6.45) is 2.78. The van der Waals surface area contributed by atoms with E-state index in [0.717, 1.165) is 6.07 Å². The van der Waals surface area contributed by atoms with Gasteiger partial charge in [0.25, 0.3) is 10.0 Å². The molecule has 0 saturated carbocycles. The zero-order chi connectivity index (χ0) is 24.0. The number of ether oxygens (including phenoxy) is 2. The lowest BCUT2D eigenvalue weighted by Crippen LogP contribution is -2.14. The van der Waals surface area contributed by atoms with Gasteiger partial charge in [0, 0.05) is 6.08 Å². The van der Waals surface area contributed by atoms with Crippen molar-refractivity contribution in [2.45, 2.75) is 4.90 Å². The van der Waals surface area contributed by atoms with Gasteiger partial charge in [0.1, 0.15) is 5.75 Å². The molecule has 0 bridgehead atoms.